The molecule has 0 radical (unpaired) electrons. The summed E-state index contributed by atoms with van der Waals surface area (Å²) < 4.78 is 79.8. The lowest BCUT2D eigenvalue weighted by Gasteiger charge is -2.31. The molecule has 0 spiro atoms. The van der Waals surface area contributed by atoms with E-state index < -0.39 is 27.5 Å². The van der Waals surface area contributed by atoms with Gasteiger partial charge in [0.05, 0.1) is 29.4 Å². The van der Waals surface area contributed by atoms with E-state index in [4.69, 9.17) is 9.47 Å². The highest BCUT2D eigenvalue weighted by atomic mass is 32.2. The molecule has 3 heterocycles. The minimum Gasteiger partial charge on any atom is -0.435 e. The molecule has 0 bridgehead atoms. The molecule has 0 unspecified atom stereocenters. The molecular formula is C23H21F3N4O4S. The van der Waals surface area contributed by atoms with Crippen molar-refractivity contribution in [3.8, 4) is 11.6 Å². The van der Waals surface area contributed by atoms with Crippen LogP contribution >= 0.6 is 0 Å². The first-order valence-corrected chi connectivity index (χ1v) is 12.4. The number of ether oxygens (including phenoxy) is 2. The monoisotopic (exact) mass is 506 g/mol. The Kier molecular flexibility index (Phi) is 6.34. The SMILES string of the molecule is O=S(=O)(c1ccc(F)cc1)N1CCc2nc(N3CCOCC3)nc(Oc3ccc(F)cc3F)c2C1. The van der Waals surface area contributed by atoms with Crippen molar-refractivity contribution in [2.45, 2.75) is 17.9 Å². The van der Waals surface area contributed by atoms with Gasteiger partial charge in [-0.25, -0.2) is 26.6 Å². The van der Waals surface area contributed by atoms with Crippen LogP contribution in [0, 0.1) is 17.5 Å². The van der Waals surface area contributed by atoms with Crippen molar-refractivity contribution in [1.82, 2.24) is 14.3 Å². The van der Waals surface area contributed by atoms with E-state index in [0.29, 0.717) is 49.6 Å². The van der Waals surface area contributed by atoms with Crippen LogP contribution in [0.2, 0.25) is 0 Å². The largest absolute Gasteiger partial charge is 0.435 e. The Balaban J connectivity index is 1.53. The van der Waals surface area contributed by atoms with Gasteiger partial charge in [0, 0.05) is 38.7 Å². The van der Waals surface area contributed by atoms with E-state index in [9.17, 15) is 21.6 Å². The first-order valence-electron chi connectivity index (χ1n) is 10.9. The molecule has 2 aromatic carbocycles. The van der Waals surface area contributed by atoms with E-state index >= 15 is 0 Å². The minimum absolute atomic E-state index is 0.0130. The third-order valence-electron chi connectivity index (χ3n) is 5.82. The summed E-state index contributed by atoms with van der Waals surface area (Å²) in [5.41, 5.74) is 0.951. The molecular weight excluding hydrogens is 485 g/mol. The summed E-state index contributed by atoms with van der Waals surface area (Å²) in [4.78, 5) is 11.0. The number of sulfonamides is 1. The van der Waals surface area contributed by atoms with Gasteiger partial charge in [-0.1, -0.05) is 0 Å². The van der Waals surface area contributed by atoms with E-state index in [1.165, 1.54) is 16.4 Å². The van der Waals surface area contributed by atoms with Crippen molar-refractivity contribution in [2.24, 2.45) is 0 Å². The van der Waals surface area contributed by atoms with Gasteiger partial charge >= 0.3 is 0 Å². The van der Waals surface area contributed by atoms with Gasteiger partial charge in [0.2, 0.25) is 21.9 Å². The average molecular weight is 507 g/mol. The summed E-state index contributed by atoms with van der Waals surface area (Å²) in [6.07, 6.45) is 0.262. The lowest BCUT2D eigenvalue weighted by molar-refractivity contribution is 0.122. The molecule has 1 fully saturated rings. The Hall–Kier alpha value is -3.22. The van der Waals surface area contributed by atoms with Crippen molar-refractivity contribution >= 4 is 16.0 Å². The molecule has 184 valence electrons. The fourth-order valence-electron chi connectivity index (χ4n) is 3.96. The second-order valence-electron chi connectivity index (χ2n) is 8.07. The topological polar surface area (TPSA) is 84.9 Å². The number of nitrogens with zero attached hydrogens (tertiary/aromatic N) is 4. The van der Waals surface area contributed by atoms with Crippen LogP contribution in [0.5, 0.6) is 11.6 Å². The third kappa shape index (κ3) is 4.81. The van der Waals surface area contributed by atoms with Gasteiger partial charge in [-0.05, 0) is 36.4 Å². The summed E-state index contributed by atoms with van der Waals surface area (Å²) in [5, 5.41) is 0. The number of aromatic nitrogens is 2. The minimum atomic E-state index is -3.95. The maximum Gasteiger partial charge on any atom is 0.243 e. The summed E-state index contributed by atoms with van der Waals surface area (Å²) >= 11 is 0. The summed E-state index contributed by atoms with van der Waals surface area (Å²) in [6.45, 7) is 2.09. The zero-order valence-electron chi connectivity index (χ0n) is 18.5. The maximum absolute atomic E-state index is 14.4. The molecule has 35 heavy (non-hydrogen) atoms. The van der Waals surface area contributed by atoms with Crippen molar-refractivity contribution < 1.29 is 31.1 Å². The van der Waals surface area contributed by atoms with E-state index in [0.717, 1.165) is 24.3 Å². The molecule has 1 saturated heterocycles. The van der Waals surface area contributed by atoms with E-state index in [1.54, 1.807) is 0 Å². The molecule has 0 amide bonds. The zero-order valence-corrected chi connectivity index (χ0v) is 19.3. The van der Waals surface area contributed by atoms with E-state index in [-0.39, 0.29) is 36.0 Å². The summed E-state index contributed by atoms with van der Waals surface area (Å²) in [6, 6.07) is 7.44. The van der Waals surface area contributed by atoms with Gasteiger partial charge in [-0.15, -0.1) is 0 Å². The Morgan fingerprint density at radius 2 is 1.63 bits per heavy atom. The third-order valence-corrected chi connectivity index (χ3v) is 7.68. The van der Waals surface area contributed by atoms with Crippen LogP contribution in [-0.2, 0) is 27.7 Å². The van der Waals surface area contributed by atoms with Crippen LogP contribution in [0.25, 0.3) is 0 Å². The molecule has 1 aromatic heterocycles. The Morgan fingerprint density at radius 3 is 2.34 bits per heavy atom. The first-order chi connectivity index (χ1) is 16.8. The molecule has 2 aliphatic heterocycles. The van der Waals surface area contributed by atoms with Crippen LogP contribution in [0.3, 0.4) is 0 Å². The number of hydrogen-bond acceptors (Lipinski definition) is 7. The van der Waals surface area contributed by atoms with E-state index in [2.05, 4.69) is 9.97 Å². The molecule has 0 atom stereocenters. The number of hydrogen-bond donors (Lipinski definition) is 0. The Bertz CT molecular complexity index is 1350. The molecule has 3 aromatic rings. The van der Waals surface area contributed by atoms with Crippen LogP contribution < -0.4 is 9.64 Å². The van der Waals surface area contributed by atoms with Crippen molar-refractivity contribution in [2.75, 3.05) is 37.7 Å². The van der Waals surface area contributed by atoms with Gasteiger partial charge in [0.25, 0.3) is 0 Å². The van der Waals surface area contributed by atoms with Crippen molar-refractivity contribution in [3.63, 3.8) is 0 Å². The second-order valence-corrected chi connectivity index (χ2v) is 10.0. The predicted molar refractivity (Wildman–Crippen MR) is 119 cm³/mol. The zero-order chi connectivity index (χ0) is 24.6. The molecule has 12 heteroatoms. The van der Waals surface area contributed by atoms with Crippen LogP contribution in [0.4, 0.5) is 19.1 Å². The van der Waals surface area contributed by atoms with Gasteiger partial charge < -0.3 is 14.4 Å². The number of morpholine rings is 1. The number of fused-ring (bicyclic) bond motifs is 1. The molecule has 0 N–H and O–H groups in total. The highest BCUT2D eigenvalue weighted by Gasteiger charge is 2.33. The fraction of sp³-hybridized carbons (Fsp3) is 0.304. The van der Waals surface area contributed by atoms with Crippen molar-refractivity contribution in [3.05, 3.63) is 71.2 Å². The lowest BCUT2D eigenvalue weighted by atomic mass is 10.1. The number of anilines is 1. The summed E-state index contributed by atoms with van der Waals surface area (Å²) in [5.74, 6) is -2.13. The number of rotatable bonds is 5. The molecule has 0 aliphatic carbocycles. The smallest absolute Gasteiger partial charge is 0.243 e. The van der Waals surface area contributed by atoms with Gasteiger partial charge in [0.1, 0.15) is 11.6 Å². The molecule has 0 saturated carbocycles. The normalized spacial score (nSPS) is 16.7. The number of halogens is 3. The highest BCUT2D eigenvalue weighted by molar-refractivity contribution is 7.89. The Labute approximate surface area is 200 Å². The van der Waals surface area contributed by atoms with Crippen LogP contribution in [-0.4, -0.2) is 55.5 Å². The van der Waals surface area contributed by atoms with Crippen LogP contribution in [0.15, 0.2) is 47.4 Å². The van der Waals surface area contributed by atoms with E-state index in [1.807, 2.05) is 4.90 Å². The molecule has 5 rings (SSSR count). The fourth-order valence-corrected chi connectivity index (χ4v) is 5.37. The number of benzene rings is 2. The molecule has 8 nitrogen and oxygen atoms in total. The van der Waals surface area contributed by atoms with Crippen molar-refractivity contribution in [1.29, 1.82) is 0 Å². The predicted octanol–water partition coefficient (Wildman–Crippen LogP) is 3.27. The second kappa shape index (κ2) is 9.44. The van der Waals surface area contributed by atoms with Gasteiger partial charge in [-0.2, -0.15) is 9.29 Å². The standard InChI is InChI=1S/C23H21F3N4O4S/c24-15-1-4-17(5-2-15)35(31,32)30-8-7-20-18(14-30)22(34-21-6-3-16(25)13-19(21)26)28-23(27-20)29-9-11-33-12-10-29/h1-6,13H,7-12,14H2. The van der Waals surface area contributed by atoms with Crippen LogP contribution in [0.1, 0.15) is 11.3 Å². The Morgan fingerprint density at radius 1 is 0.914 bits per heavy atom. The lowest BCUT2D eigenvalue weighted by Crippen LogP contribution is -2.39. The summed E-state index contributed by atoms with van der Waals surface area (Å²) in [7, 11) is -3.95. The quantitative estimate of drug-likeness (QED) is 0.525. The average Bonchev–Trinajstić information content (AvgIpc) is 2.86. The highest BCUT2D eigenvalue weighted by Crippen LogP contribution is 2.34. The van der Waals surface area contributed by atoms with Gasteiger partial charge in [-0.3, -0.25) is 0 Å². The van der Waals surface area contributed by atoms with Gasteiger partial charge in [0.15, 0.2) is 11.6 Å². The first kappa shape index (κ1) is 23.5. The molecule has 2 aliphatic rings. The maximum atomic E-state index is 14.4.